The van der Waals surface area contributed by atoms with Gasteiger partial charge in [0.2, 0.25) is 6.41 Å². The van der Waals surface area contributed by atoms with Gasteiger partial charge in [-0.15, -0.1) is 0 Å². The van der Waals surface area contributed by atoms with E-state index < -0.39 is 0 Å². The van der Waals surface area contributed by atoms with Crippen LogP contribution in [0.3, 0.4) is 0 Å². The molecule has 3 heterocycles. The van der Waals surface area contributed by atoms with Crippen LogP contribution in [0, 0.1) is 13.8 Å². The third kappa shape index (κ3) is 4.97. The highest BCUT2D eigenvalue weighted by Crippen LogP contribution is 2.28. The summed E-state index contributed by atoms with van der Waals surface area (Å²) in [7, 11) is 0. The largest absolute Gasteiger partial charge is 0.353 e. The molecule has 1 aliphatic heterocycles. The standard InChI is InChI=1S/C21H22ClN7O2S/c1-13-4-3-5-15(22)19(13)27-20(31)16-11-23-21(32-16)26-17-10-18(25-14(2)24-17)29-8-6-28(12-30)7-9-29/h3-5,10-12H,6-9H2,1-2H3,(H,27,31)(H,23,24,25,26). The van der Waals surface area contributed by atoms with Crippen molar-refractivity contribution in [3.05, 3.63) is 51.7 Å². The Balaban J connectivity index is 1.46. The Hall–Kier alpha value is -3.24. The number of anilines is 4. The maximum atomic E-state index is 12.7. The number of benzene rings is 1. The van der Waals surface area contributed by atoms with Crippen LogP contribution < -0.4 is 15.5 Å². The summed E-state index contributed by atoms with van der Waals surface area (Å²) in [6, 6.07) is 7.30. The number of carbonyl (C=O) groups is 2. The van der Waals surface area contributed by atoms with Gasteiger partial charge in [0.25, 0.3) is 5.91 Å². The number of piperazine rings is 1. The smallest absolute Gasteiger partial charge is 0.267 e. The van der Waals surface area contributed by atoms with Crippen molar-refractivity contribution in [1.29, 1.82) is 0 Å². The van der Waals surface area contributed by atoms with Crippen molar-refractivity contribution in [2.24, 2.45) is 0 Å². The molecule has 0 saturated carbocycles. The third-order valence-electron chi connectivity index (χ3n) is 5.04. The summed E-state index contributed by atoms with van der Waals surface area (Å²) in [5.41, 5.74) is 1.47. The number of carbonyl (C=O) groups excluding carboxylic acids is 2. The number of aromatic nitrogens is 3. The van der Waals surface area contributed by atoms with E-state index in [0.29, 0.717) is 58.5 Å². The molecule has 1 fully saturated rings. The lowest BCUT2D eigenvalue weighted by atomic mass is 10.2. The number of para-hydroxylation sites is 1. The van der Waals surface area contributed by atoms with Gasteiger partial charge in [0.1, 0.15) is 22.3 Å². The van der Waals surface area contributed by atoms with Crippen LogP contribution in [-0.2, 0) is 4.79 Å². The Morgan fingerprint density at radius 3 is 2.69 bits per heavy atom. The number of rotatable bonds is 6. The lowest BCUT2D eigenvalue weighted by Crippen LogP contribution is -2.46. The first-order valence-corrected chi connectivity index (χ1v) is 11.2. The molecule has 166 valence electrons. The Morgan fingerprint density at radius 1 is 1.19 bits per heavy atom. The second-order valence-corrected chi connectivity index (χ2v) is 8.77. The van der Waals surface area contributed by atoms with E-state index in [-0.39, 0.29) is 5.91 Å². The van der Waals surface area contributed by atoms with Crippen molar-refractivity contribution < 1.29 is 9.59 Å². The third-order valence-corrected chi connectivity index (χ3v) is 6.26. The molecule has 0 unspecified atom stereocenters. The number of halogens is 1. The monoisotopic (exact) mass is 471 g/mol. The zero-order chi connectivity index (χ0) is 22.7. The van der Waals surface area contributed by atoms with Gasteiger partial charge >= 0.3 is 0 Å². The highest BCUT2D eigenvalue weighted by Gasteiger charge is 2.19. The van der Waals surface area contributed by atoms with Crippen molar-refractivity contribution >= 4 is 57.7 Å². The average Bonchev–Trinajstić information content (AvgIpc) is 3.24. The number of nitrogens with zero attached hydrogens (tertiary/aromatic N) is 5. The van der Waals surface area contributed by atoms with E-state index >= 15 is 0 Å². The number of nitrogens with one attached hydrogen (secondary N) is 2. The molecule has 1 aromatic carbocycles. The van der Waals surface area contributed by atoms with Gasteiger partial charge in [0.05, 0.1) is 16.9 Å². The van der Waals surface area contributed by atoms with Crippen LogP contribution in [0.2, 0.25) is 5.02 Å². The molecule has 0 aliphatic carbocycles. The minimum Gasteiger partial charge on any atom is -0.353 e. The lowest BCUT2D eigenvalue weighted by Gasteiger charge is -2.33. The van der Waals surface area contributed by atoms with Crippen LogP contribution in [0.15, 0.2) is 30.5 Å². The molecule has 0 atom stereocenters. The summed E-state index contributed by atoms with van der Waals surface area (Å²) in [5, 5.41) is 7.04. The zero-order valence-electron chi connectivity index (χ0n) is 17.6. The summed E-state index contributed by atoms with van der Waals surface area (Å²) in [6.45, 7) is 6.43. The maximum absolute atomic E-state index is 12.7. The minimum atomic E-state index is -0.278. The van der Waals surface area contributed by atoms with Crippen LogP contribution in [0.1, 0.15) is 21.1 Å². The van der Waals surface area contributed by atoms with E-state index in [2.05, 4.69) is 30.5 Å². The molecule has 4 rings (SSSR count). The van der Waals surface area contributed by atoms with Crippen LogP contribution in [0.5, 0.6) is 0 Å². The maximum Gasteiger partial charge on any atom is 0.267 e. The number of hydrogen-bond acceptors (Lipinski definition) is 8. The summed E-state index contributed by atoms with van der Waals surface area (Å²) in [6.07, 6.45) is 2.39. The van der Waals surface area contributed by atoms with E-state index in [0.717, 1.165) is 17.8 Å². The summed E-state index contributed by atoms with van der Waals surface area (Å²) < 4.78 is 0. The molecule has 11 heteroatoms. The second-order valence-electron chi connectivity index (χ2n) is 7.33. The SMILES string of the molecule is Cc1nc(Nc2ncc(C(=O)Nc3c(C)cccc3Cl)s2)cc(N2CCN(C=O)CC2)n1. The van der Waals surface area contributed by atoms with Crippen molar-refractivity contribution in [3.63, 3.8) is 0 Å². The predicted molar refractivity (Wildman–Crippen MR) is 126 cm³/mol. The molecule has 1 aliphatic rings. The molecule has 2 N–H and O–H groups in total. The predicted octanol–water partition coefficient (Wildman–Crippen LogP) is 3.48. The van der Waals surface area contributed by atoms with Gasteiger partial charge in [0.15, 0.2) is 5.13 Å². The van der Waals surface area contributed by atoms with Gasteiger partial charge in [-0.3, -0.25) is 9.59 Å². The lowest BCUT2D eigenvalue weighted by molar-refractivity contribution is -0.118. The van der Waals surface area contributed by atoms with Gasteiger partial charge in [-0.05, 0) is 25.5 Å². The van der Waals surface area contributed by atoms with Crippen LogP contribution >= 0.6 is 22.9 Å². The zero-order valence-corrected chi connectivity index (χ0v) is 19.2. The Kier molecular flexibility index (Phi) is 6.52. The van der Waals surface area contributed by atoms with Crippen LogP contribution in [-0.4, -0.2) is 58.3 Å². The van der Waals surface area contributed by atoms with Gasteiger partial charge in [-0.1, -0.05) is 35.1 Å². The number of amides is 2. The minimum absolute atomic E-state index is 0.278. The van der Waals surface area contributed by atoms with Gasteiger partial charge < -0.3 is 20.4 Å². The van der Waals surface area contributed by atoms with E-state index in [1.165, 1.54) is 17.5 Å². The fourth-order valence-electron chi connectivity index (χ4n) is 3.35. The second kappa shape index (κ2) is 9.49. The topological polar surface area (TPSA) is 103 Å². The fourth-order valence-corrected chi connectivity index (χ4v) is 4.33. The molecule has 2 aromatic heterocycles. The van der Waals surface area contributed by atoms with Crippen molar-refractivity contribution in [3.8, 4) is 0 Å². The van der Waals surface area contributed by atoms with E-state index in [9.17, 15) is 9.59 Å². The van der Waals surface area contributed by atoms with Gasteiger partial charge in [-0.25, -0.2) is 15.0 Å². The molecule has 0 spiro atoms. The summed E-state index contributed by atoms with van der Waals surface area (Å²) >= 11 is 7.43. The van der Waals surface area contributed by atoms with E-state index in [1.807, 2.05) is 32.0 Å². The van der Waals surface area contributed by atoms with E-state index in [1.54, 1.807) is 11.0 Å². The number of thiazole rings is 1. The molecule has 3 aromatic rings. The first kappa shape index (κ1) is 22.0. The first-order valence-electron chi connectivity index (χ1n) is 10.0. The Labute approximate surface area is 194 Å². The molecule has 32 heavy (non-hydrogen) atoms. The molecule has 2 amide bonds. The molecule has 1 saturated heterocycles. The quantitative estimate of drug-likeness (QED) is 0.530. The summed E-state index contributed by atoms with van der Waals surface area (Å²) in [5.74, 6) is 1.72. The number of hydrogen-bond donors (Lipinski definition) is 2. The molecule has 0 bridgehead atoms. The van der Waals surface area contributed by atoms with Crippen LogP contribution in [0.25, 0.3) is 0 Å². The van der Waals surface area contributed by atoms with Crippen molar-refractivity contribution in [1.82, 2.24) is 19.9 Å². The van der Waals surface area contributed by atoms with Crippen molar-refractivity contribution in [2.75, 3.05) is 41.7 Å². The van der Waals surface area contributed by atoms with Gasteiger partial charge in [-0.2, -0.15) is 0 Å². The number of aryl methyl sites for hydroxylation is 2. The highest BCUT2D eigenvalue weighted by molar-refractivity contribution is 7.17. The Bertz CT molecular complexity index is 1120. The van der Waals surface area contributed by atoms with Gasteiger partial charge in [0, 0.05) is 32.2 Å². The highest BCUT2D eigenvalue weighted by atomic mass is 35.5. The van der Waals surface area contributed by atoms with Crippen LogP contribution in [0.4, 0.5) is 22.5 Å². The fraction of sp³-hybridized carbons (Fsp3) is 0.286. The average molecular weight is 472 g/mol. The normalized spacial score (nSPS) is 13.7. The molecular formula is C21H22ClN7O2S. The first-order chi connectivity index (χ1) is 15.4. The molecule has 9 nitrogen and oxygen atoms in total. The van der Waals surface area contributed by atoms with Crippen molar-refractivity contribution in [2.45, 2.75) is 13.8 Å². The molecular weight excluding hydrogens is 450 g/mol. The summed E-state index contributed by atoms with van der Waals surface area (Å²) in [4.78, 5) is 41.2. The van der Waals surface area contributed by atoms with E-state index in [4.69, 9.17) is 11.6 Å². The molecule has 0 radical (unpaired) electrons. The Morgan fingerprint density at radius 2 is 1.97 bits per heavy atom.